The number of hydrogen-bond donors (Lipinski definition) is 0. The zero-order chi connectivity index (χ0) is 15.6. The average Bonchev–Trinajstić information content (AvgIpc) is 2.38. The van der Waals surface area contributed by atoms with Gasteiger partial charge in [-0.2, -0.15) is 5.26 Å². The minimum atomic E-state index is -1.24. The van der Waals surface area contributed by atoms with E-state index in [0.29, 0.717) is 24.3 Å². The Labute approximate surface area is 116 Å². The van der Waals surface area contributed by atoms with Crippen LogP contribution in [0.4, 0.5) is 17.6 Å². The van der Waals surface area contributed by atoms with Gasteiger partial charge in [0.1, 0.15) is 40.7 Å². The van der Waals surface area contributed by atoms with Gasteiger partial charge in [0, 0.05) is 12.1 Å². The summed E-state index contributed by atoms with van der Waals surface area (Å²) in [5.74, 6) is -5.21. The van der Waals surface area contributed by atoms with Crippen LogP contribution in [0.2, 0.25) is 0 Å². The average molecular weight is 295 g/mol. The van der Waals surface area contributed by atoms with Gasteiger partial charge in [-0.15, -0.1) is 0 Å². The summed E-state index contributed by atoms with van der Waals surface area (Å²) in [4.78, 5) is 10.1. The highest BCUT2D eigenvalue weighted by Crippen LogP contribution is 2.31. The number of rotatable bonds is 3. The molecule has 0 saturated carbocycles. The number of halogens is 4. The van der Waals surface area contributed by atoms with Gasteiger partial charge < -0.3 is 4.74 Å². The Morgan fingerprint density at radius 3 is 1.90 bits per heavy atom. The Morgan fingerprint density at radius 1 is 0.952 bits per heavy atom. The third kappa shape index (κ3) is 2.69. The number of nitrogens with zero attached hydrogens (tertiary/aromatic N) is 1. The fourth-order valence-electron chi connectivity index (χ4n) is 1.77. The third-order valence-corrected chi connectivity index (χ3v) is 2.64. The summed E-state index contributed by atoms with van der Waals surface area (Å²) in [6, 6.07) is 3.98. The molecule has 21 heavy (non-hydrogen) atoms. The zero-order valence-electron chi connectivity index (χ0n) is 10.2. The summed E-state index contributed by atoms with van der Waals surface area (Å²) in [5, 5.41) is 8.54. The first-order valence-corrected chi connectivity index (χ1v) is 5.46. The van der Waals surface area contributed by atoms with Crippen LogP contribution < -0.4 is 4.74 Å². The van der Waals surface area contributed by atoms with Crippen molar-refractivity contribution in [2.45, 2.75) is 0 Å². The Bertz CT molecular complexity index is 722. The monoisotopic (exact) mass is 295 g/mol. The van der Waals surface area contributed by atoms with Gasteiger partial charge in [0.25, 0.3) is 6.47 Å². The van der Waals surface area contributed by atoms with E-state index >= 15 is 0 Å². The molecular formula is C14H5F4NO2. The van der Waals surface area contributed by atoms with Crippen molar-refractivity contribution in [2.24, 2.45) is 0 Å². The number of benzene rings is 2. The molecule has 0 radical (unpaired) electrons. The van der Waals surface area contributed by atoms with Crippen LogP contribution in [-0.2, 0) is 4.79 Å². The van der Waals surface area contributed by atoms with Crippen molar-refractivity contribution in [3.63, 3.8) is 0 Å². The molecule has 0 aliphatic heterocycles. The highest BCUT2D eigenvalue weighted by molar-refractivity contribution is 5.67. The predicted molar refractivity (Wildman–Crippen MR) is 63.1 cm³/mol. The minimum absolute atomic E-state index is 0.0189. The molecule has 0 spiro atoms. The molecule has 106 valence electrons. The smallest absolute Gasteiger partial charge is 0.298 e. The predicted octanol–water partition coefficient (Wildman–Crippen LogP) is 3.32. The van der Waals surface area contributed by atoms with Gasteiger partial charge >= 0.3 is 0 Å². The summed E-state index contributed by atoms with van der Waals surface area (Å²) < 4.78 is 58.9. The lowest BCUT2D eigenvalue weighted by Crippen LogP contribution is -1.98. The van der Waals surface area contributed by atoms with Crippen molar-refractivity contribution >= 4 is 6.47 Å². The fraction of sp³-hybridized carbons (Fsp3) is 0. The van der Waals surface area contributed by atoms with E-state index in [4.69, 9.17) is 5.26 Å². The molecule has 0 unspecified atom stereocenters. The van der Waals surface area contributed by atoms with E-state index in [1.54, 1.807) is 0 Å². The summed E-state index contributed by atoms with van der Waals surface area (Å²) in [7, 11) is 0. The second-order valence-corrected chi connectivity index (χ2v) is 3.90. The Morgan fingerprint density at radius 2 is 1.48 bits per heavy atom. The number of ether oxygens (including phenoxy) is 1. The molecule has 3 nitrogen and oxygen atoms in total. The van der Waals surface area contributed by atoms with Gasteiger partial charge in [-0.05, 0) is 17.7 Å². The maximum absolute atomic E-state index is 13.8. The van der Waals surface area contributed by atoms with Crippen LogP contribution in [0.5, 0.6) is 5.75 Å². The zero-order valence-corrected chi connectivity index (χ0v) is 10.2. The second kappa shape index (κ2) is 5.63. The highest BCUT2D eigenvalue weighted by atomic mass is 19.1. The molecule has 0 heterocycles. The molecule has 2 aromatic rings. The lowest BCUT2D eigenvalue weighted by atomic mass is 10.0. The Hall–Kier alpha value is -2.88. The van der Waals surface area contributed by atoms with Crippen LogP contribution in [0.1, 0.15) is 5.56 Å². The van der Waals surface area contributed by atoms with E-state index in [1.165, 1.54) is 6.07 Å². The van der Waals surface area contributed by atoms with Gasteiger partial charge in [-0.1, -0.05) is 0 Å². The number of nitriles is 1. The molecule has 0 aliphatic rings. The molecular weight excluding hydrogens is 290 g/mol. The molecule has 0 aliphatic carbocycles. The molecule has 0 fully saturated rings. The van der Waals surface area contributed by atoms with E-state index < -0.39 is 45.7 Å². The first kappa shape index (κ1) is 14.5. The number of carbonyl (C=O) groups is 1. The van der Waals surface area contributed by atoms with Crippen LogP contribution in [0.3, 0.4) is 0 Å². The highest BCUT2D eigenvalue weighted by Gasteiger charge is 2.18. The molecule has 7 heteroatoms. The second-order valence-electron chi connectivity index (χ2n) is 3.90. The van der Waals surface area contributed by atoms with E-state index in [9.17, 15) is 22.4 Å². The standard InChI is InChI=1S/C14H5F4NO2/c15-10-1-7(2-11(16)9(10)5-19)14-12(17)3-8(21-6-20)4-13(14)18/h1-4,6H. The SMILES string of the molecule is N#Cc1c(F)cc(-c2c(F)cc(OC=O)cc2F)cc1F. The maximum atomic E-state index is 13.8. The Balaban J connectivity index is 2.63. The summed E-state index contributed by atoms with van der Waals surface area (Å²) in [6.45, 7) is -0.0189. The fourth-order valence-corrected chi connectivity index (χ4v) is 1.77. The molecule has 0 N–H and O–H groups in total. The topological polar surface area (TPSA) is 50.1 Å². The molecule has 0 amide bonds. The van der Waals surface area contributed by atoms with E-state index in [2.05, 4.69) is 4.74 Å². The lowest BCUT2D eigenvalue weighted by Gasteiger charge is -2.08. The van der Waals surface area contributed by atoms with Crippen LogP contribution in [-0.4, -0.2) is 6.47 Å². The molecule has 2 rings (SSSR count). The normalized spacial score (nSPS) is 10.0. The maximum Gasteiger partial charge on any atom is 0.298 e. The lowest BCUT2D eigenvalue weighted by molar-refractivity contribution is -0.120. The Kier molecular flexibility index (Phi) is 3.89. The molecule has 2 aromatic carbocycles. The van der Waals surface area contributed by atoms with Gasteiger partial charge in [0.15, 0.2) is 0 Å². The third-order valence-electron chi connectivity index (χ3n) is 2.64. The van der Waals surface area contributed by atoms with Crippen LogP contribution >= 0.6 is 0 Å². The summed E-state index contributed by atoms with van der Waals surface area (Å²) in [6.07, 6.45) is 0. The quantitative estimate of drug-likeness (QED) is 0.644. The van der Waals surface area contributed by atoms with Crippen LogP contribution in [0.25, 0.3) is 11.1 Å². The van der Waals surface area contributed by atoms with E-state index in [1.807, 2.05) is 0 Å². The molecule has 0 bridgehead atoms. The first-order chi connectivity index (χ1) is 9.97. The van der Waals surface area contributed by atoms with Gasteiger partial charge in [0.2, 0.25) is 0 Å². The van der Waals surface area contributed by atoms with Gasteiger partial charge in [-0.3, -0.25) is 4.79 Å². The van der Waals surface area contributed by atoms with Crippen molar-refractivity contribution in [1.29, 1.82) is 5.26 Å². The van der Waals surface area contributed by atoms with Gasteiger partial charge in [0.05, 0.1) is 5.56 Å². The number of hydrogen-bond acceptors (Lipinski definition) is 3. The molecule has 0 atom stereocenters. The van der Waals surface area contributed by atoms with E-state index in [0.717, 1.165) is 0 Å². The molecule has 0 saturated heterocycles. The van der Waals surface area contributed by atoms with Crippen molar-refractivity contribution < 1.29 is 27.1 Å². The van der Waals surface area contributed by atoms with Crippen molar-refractivity contribution in [1.82, 2.24) is 0 Å². The summed E-state index contributed by atoms with van der Waals surface area (Å²) >= 11 is 0. The summed E-state index contributed by atoms with van der Waals surface area (Å²) in [5.41, 5.74) is -1.97. The largest absolute Gasteiger partial charge is 0.429 e. The molecule has 0 aromatic heterocycles. The van der Waals surface area contributed by atoms with E-state index in [-0.39, 0.29) is 6.47 Å². The van der Waals surface area contributed by atoms with Crippen LogP contribution in [0, 0.1) is 34.6 Å². The minimum Gasteiger partial charge on any atom is -0.429 e. The first-order valence-electron chi connectivity index (χ1n) is 5.46. The van der Waals surface area contributed by atoms with Crippen molar-refractivity contribution in [2.75, 3.05) is 0 Å². The van der Waals surface area contributed by atoms with Gasteiger partial charge in [-0.25, -0.2) is 17.6 Å². The van der Waals surface area contributed by atoms with Crippen molar-refractivity contribution in [3.05, 3.63) is 53.1 Å². The van der Waals surface area contributed by atoms with Crippen molar-refractivity contribution in [3.8, 4) is 22.9 Å². The van der Waals surface area contributed by atoms with Crippen LogP contribution in [0.15, 0.2) is 24.3 Å². The number of carbonyl (C=O) groups excluding carboxylic acids is 1.